The molecule has 0 radical (unpaired) electrons. The van der Waals surface area contributed by atoms with Gasteiger partial charge in [0, 0.05) is 19.7 Å². The Kier molecular flexibility index (Phi) is 12.3. The molecular weight excluding hydrogens is 330 g/mol. The minimum atomic E-state index is 0.617. The second kappa shape index (κ2) is 14.4. The summed E-state index contributed by atoms with van der Waals surface area (Å²) in [6.07, 6.45) is 2.27. The number of unbranched alkanes of at least 4 members (excludes halogenated alkanes) is 1. The van der Waals surface area contributed by atoms with Gasteiger partial charge in [-0.05, 0) is 37.5 Å². The number of guanidine groups is 1. The Labute approximate surface area is 158 Å². The van der Waals surface area contributed by atoms with Gasteiger partial charge in [-0.15, -0.1) is 0 Å². The summed E-state index contributed by atoms with van der Waals surface area (Å²) in [7, 11) is 1.69. The Morgan fingerprint density at radius 2 is 1.81 bits per heavy atom. The Bertz CT molecular complexity index is 521. The van der Waals surface area contributed by atoms with Crippen LogP contribution in [0.3, 0.4) is 0 Å². The van der Waals surface area contributed by atoms with Gasteiger partial charge < -0.3 is 24.8 Å². The maximum atomic E-state index is 5.56. The van der Waals surface area contributed by atoms with Crippen LogP contribution in [0.4, 0.5) is 0 Å². The van der Waals surface area contributed by atoms with Crippen LogP contribution in [0.5, 0.6) is 5.75 Å². The summed E-state index contributed by atoms with van der Waals surface area (Å²) in [4.78, 5) is 4.62. The molecule has 0 aliphatic carbocycles. The van der Waals surface area contributed by atoms with Crippen LogP contribution in [-0.2, 0) is 16.0 Å². The Morgan fingerprint density at radius 3 is 2.46 bits per heavy atom. The lowest BCUT2D eigenvalue weighted by atomic mass is 10.1. The van der Waals surface area contributed by atoms with Crippen molar-refractivity contribution >= 4 is 5.96 Å². The predicted octanol–water partition coefficient (Wildman–Crippen LogP) is 2.89. The first-order chi connectivity index (χ1) is 12.7. The number of nitrogens with one attached hydrogen (secondary N) is 2. The molecule has 0 atom stereocenters. The molecule has 0 saturated heterocycles. The van der Waals surface area contributed by atoms with Crippen molar-refractivity contribution in [2.24, 2.45) is 4.99 Å². The van der Waals surface area contributed by atoms with Crippen molar-refractivity contribution in [1.29, 1.82) is 0 Å². The molecule has 6 nitrogen and oxygen atoms in total. The molecule has 0 aliphatic rings. The number of ether oxygens (including phenoxy) is 3. The first-order valence-electron chi connectivity index (χ1n) is 9.52. The fourth-order valence-corrected chi connectivity index (χ4v) is 2.36. The monoisotopic (exact) mass is 365 g/mol. The van der Waals surface area contributed by atoms with Crippen LogP contribution in [-0.4, -0.2) is 52.6 Å². The van der Waals surface area contributed by atoms with E-state index in [1.165, 1.54) is 0 Å². The van der Waals surface area contributed by atoms with E-state index in [1.54, 1.807) is 7.11 Å². The lowest BCUT2D eigenvalue weighted by Gasteiger charge is -2.12. The molecule has 0 aliphatic heterocycles. The summed E-state index contributed by atoms with van der Waals surface area (Å²) >= 11 is 0. The second-order valence-electron chi connectivity index (χ2n) is 6.00. The zero-order valence-corrected chi connectivity index (χ0v) is 16.8. The van der Waals surface area contributed by atoms with E-state index >= 15 is 0 Å². The zero-order valence-electron chi connectivity index (χ0n) is 16.8. The van der Waals surface area contributed by atoms with Crippen molar-refractivity contribution in [3.8, 4) is 5.75 Å². The molecule has 0 fully saturated rings. The molecule has 0 spiro atoms. The number of benzene rings is 1. The quantitative estimate of drug-likeness (QED) is 0.320. The minimum Gasteiger partial charge on any atom is -0.496 e. The fraction of sp³-hybridized carbons (Fsp3) is 0.650. The van der Waals surface area contributed by atoms with Gasteiger partial charge in [-0.25, -0.2) is 4.99 Å². The van der Waals surface area contributed by atoms with E-state index in [0.717, 1.165) is 48.8 Å². The summed E-state index contributed by atoms with van der Waals surface area (Å²) < 4.78 is 16.3. The molecule has 0 aromatic heterocycles. The first kappa shape index (κ1) is 22.3. The van der Waals surface area contributed by atoms with Gasteiger partial charge in [0.15, 0.2) is 5.96 Å². The van der Waals surface area contributed by atoms with Gasteiger partial charge in [0.2, 0.25) is 0 Å². The van der Waals surface area contributed by atoms with Gasteiger partial charge in [0.25, 0.3) is 0 Å². The van der Waals surface area contributed by atoms with Gasteiger partial charge in [-0.2, -0.15) is 0 Å². The molecule has 26 heavy (non-hydrogen) atoms. The standard InChI is InChI=1S/C20H35N3O3/c1-5-7-11-25-13-14-26-12-10-22-20(21-6-2)23-16-18-8-9-19(24-4)17(3)15-18/h8-9,15H,5-7,10-14,16H2,1-4H3,(H2,21,22,23). The number of hydrogen-bond donors (Lipinski definition) is 2. The van der Waals surface area contributed by atoms with Crippen LogP contribution in [0.15, 0.2) is 23.2 Å². The summed E-state index contributed by atoms with van der Waals surface area (Å²) in [5.41, 5.74) is 2.27. The number of aliphatic imine (C=N–C) groups is 1. The molecular formula is C20H35N3O3. The summed E-state index contributed by atoms with van der Waals surface area (Å²) in [6, 6.07) is 6.13. The average molecular weight is 366 g/mol. The van der Waals surface area contributed by atoms with Crippen LogP contribution in [0.25, 0.3) is 0 Å². The SMILES string of the molecule is CCCCOCCOCCNC(=NCc1ccc(OC)c(C)c1)NCC. The highest BCUT2D eigenvalue weighted by Gasteiger charge is 2.01. The predicted molar refractivity (Wildman–Crippen MR) is 107 cm³/mol. The number of aryl methyl sites for hydroxylation is 1. The summed E-state index contributed by atoms with van der Waals surface area (Å²) in [5.74, 6) is 1.70. The van der Waals surface area contributed by atoms with E-state index in [1.807, 2.05) is 19.1 Å². The molecule has 1 aromatic carbocycles. The topological polar surface area (TPSA) is 64.1 Å². The molecule has 1 aromatic rings. The third kappa shape index (κ3) is 9.63. The van der Waals surface area contributed by atoms with E-state index in [4.69, 9.17) is 14.2 Å². The van der Waals surface area contributed by atoms with Crippen molar-refractivity contribution in [2.45, 2.75) is 40.2 Å². The van der Waals surface area contributed by atoms with E-state index in [9.17, 15) is 0 Å². The van der Waals surface area contributed by atoms with E-state index < -0.39 is 0 Å². The van der Waals surface area contributed by atoms with E-state index in [-0.39, 0.29) is 0 Å². The van der Waals surface area contributed by atoms with Crippen LogP contribution >= 0.6 is 0 Å². The van der Waals surface area contributed by atoms with Gasteiger partial charge in [0.05, 0.1) is 33.5 Å². The largest absolute Gasteiger partial charge is 0.496 e. The highest BCUT2D eigenvalue weighted by atomic mass is 16.5. The fourth-order valence-electron chi connectivity index (χ4n) is 2.36. The normalized spacial score (nSPS) is 11.5. The number of hydrogen-bond acceptors (Lipinski definition) is 4. The van der Waals surface area contributed by atoms with Crippen molar-refractivity contribution in [1.82, 2.24) is 10.6 Å². The van der Waals surface area contributed by atoms with Crippen molar-refractivity contribution < 1.29 is 14.2 Å². The third-order valence-electron chi connectivity index (χ3n) is 3.78. The Hall–Kier alpha value is -1.79. The van der Waals surface area contributed by atoms with Crippen LogP contribution in [0, 0.1) is 6.92 Å². The molecule has 0 unspecified atom stereocenters. The van der Waals surface area contributed by atoms with Crippen molar-refractivity contribution in [2.75, 3.05) is 46.6 Å². The number of methoxy groups -OCH3 is 1. The number of rotatable bonds is 13. The molecule has 0 heterocycles. The maximum Gasteiger partial charge on any atom is 0.191 e. The zero-order chi connectivity index (χ0) is 19.0. The van der Waals surface area contributed by atoms with Crippen LogP contribution in [0.1, 0.15) is 37.8 Å². The summed E-state index contributed by atoms with van der Waals surface area (Å²) in [5, 5.41) is 6.54. The summed E-state index contributed by atoms with van der Waals surface area (Å²) in [6.45, 7) is 11.1. The van der Waals surface area contributed by atoms with Gasteiger partial charge in [-0.1, -0.05) is 25.5 Å². The van der Waals surface area contributed by atoms with Gasteiger partial charge in [0.1, 0.15) is 5.75 Å². The van der Waals surface area contributed by atoms with Gasteiger partial charge >= 0.3 is 0 Å². The minimum absolute atomic E-state index is 0.617. The van der Waals surface area contributed by atoms with Crippen molar-refractivity contribution in [3.63, 3.8) is 0 Å². The maximum absolute atomic E-state index is 5.56. The van der Waals surface area contributed by atoms with Crippen LogP contribution in [0.2, 0.25) is 0 Å². The molecule has 148 valence electrons. The smallest absolute Gasteiger partial charge is 0.191 e. The highest BCUT2D eigenvalue weighted by Crippen LogP contribution is 2.18. The molecule has 6 heteroatoms. The Balaban J connectivity index is 2.29. The molecule has 0 bridgehead atoms. The number of nitrogens with zero attached hydrogens (tertiary/aromatic N) is 1. The average Bonchev–Trinajstić information content (AvgIpc) is 2.64. The van der Waals surface area contributed by atoms with E-state index in [2.05, 4.69) is 35.5 Å². The lowest BCUT2D eigenvalue weighted by molar-refractivity contribution is 0.0487. The first-order valence-corrected chi connectivity index (χ1v) is 9.52. The third-order valence-corrected chi connectivity index (χ3v) is 3.78. The second-order valence-corrected chi connectivity index (χ2v) is 6.00. The van der Waals surface area contributed by atoms with Crippen LogP contribution < -0.4 is 15.4 Å². The molecule has 1 rings (SSSR count). The van der Waals surface area contributed by atoms with E-state index in [0.29, 0.717) is 32.9 Å². The molecule has 0 saturated carbocycles. The molecule has 2 N–H and O–H groups in total. The molecule has 0 amide bonds. The Morgan fingerprint density at radius 1 is 1.04 bits per heavy atom. The highest BCUT2D eigenvalue weighted by molar-refractivity contribution is 5.79. The van der Waals surface area contributed by atoms with Gasteiger partial charge in [-0.3, -0.25) is 0 Å². The lowest BCUT2D eigenvalue weighted by Crippen LogP contribution is -2.39. The van der Waals surface area contributed by atoms with Crippen molar-refractivity contribution in [3.05, 3.63) is 29.3 Å².